The Balaban J connectivity index is 1.53. The minimum absolute atomic E-state index is 0.0363. The average molecular weight is 363 g/mol. The van der Waals surface area contributed by atoms with Crippen LogP contribution in [-0.4, -0.2) is 57.3 Å². The Morgan fingerprint density at radius 2 is 2.07 bits per heavy atom. The summed E-state index contributed by atoms with van der Waals surface area (Å²) in [6, 6.07) is 8.71. The van der Waals surface area contributed by atoms with Crippen LogP contribution in [0.3, 0.4) is 0 Å². The number of carbonyl (C=O) groups is 1. The molecule has 1 spiro atoms. The van der Waals surface area contributed by atoms with E-state index in [0.29, 0.717) is 11.4 Å². The highest BCUT2D eigenvalue weighted by molar-refractivity contribution is 6.05. The van der Waals surface area contributed by atoms with Gasteiger partial charge in [0.25, 0.3) is 5.91 Å². The van der Waals surface area contributed by atoms with E-state index in [2.05, 4.69) is 20.5 Å². The van der Waals surface area contributed by atoms with Crippen molar-refractivity contribution >= 4 is 16.8 Å². The first kappa shape index (κ1) is 16.3. The van der Waals surface area contributed by atoms with Gasteiger partial charge in [0.2, 0.25) is 0 Å². The summed E-state index contributed by atoms with van der Waals surface area (Å²) in [5, 5.41) is 20.8. The number of H-pyrrole nitrogens is 1. The standard InChI is InChI=1S/C20H21N5O2/c26-14-3-1-13(2-4-14)16-9-17-15(10-22-24-17)18(23-16)19(27)25-8-6-20(12-25)5-7-21-11-20/h1-4,9-10,21,26H,5-8,11-12H2,(H,22,24). The fourth-order valence-corrected chi connectivity index (χ4v) is 4.29. The van der Waals surface area contributed by atoms with Crippen molar-refractivity contribution in [1.82, 2.24) is 25.4 Å². The fourth-order valence-electron chi connectivity index (χ4n) is 4.29. The minimum Gasteiger partial charge on any atom is -0.508 e. The molecule has 1 aromatic carbocycles. The van der Waals surface area contributed by atoms with Crippen LogP contribution in [0.1, 0.15) is 23.3 Å². The zero-order chi connectivity index (χ0) is 18.4. The van der Waals surface area contributed by atoms with E-state index < -0.39 is 0 Å². The number of pyridine rings is 1. The third-order valence-corrected chi connectivity index (χ3v) is 5.86. The van der Waals surface area contributed by atoms with E-state index in [1.54, 1.807) is 30.5 Å². The third kappa shape index (κ3) is 2.75. The Morgan fingerprint density at radius 3 is 2.85 bits per heavy atom. The van der Waals surface area contributed by atoms with Crippen molar-refractivity contribution in [3.63, 3.8) is 0 Å². The lowest BCUT2D eigenvalue weighted by molar-refractivity contribution is 0.0772. The molecule has 0 aliphatic carbocycles. The van der Waals surface area contributed by atoms with Gasteiger partial charge in [-0.1, -0.05) is 0 Å². The van der Waals surface area contributed by atoms with Gasteiger partial charge < -0.3 is 15.3 Å². The Kier molecular flexibility index (Phi) is 3.65. The zero-order valence-electron chi connectivity index (χ0n) is 14.9. The highest BCUT2D eigenvalue weighted by Crippen LogP contribution is 2.37. The molecule has 2 aromatic heterocycles. The summed E-state index contributed by atoms with van der Waals surface area (Å²) in [4.78, 5) is 19.9. The number of phenols is 1. The number of aromatic hydroxyl groups is 1. The largest absolute Gasteiger partial charge is 0.508 e. The Bertz CT molecular complexity index is 1000. The van der Waals surface area contributed by atoms with Crippen LogP contribution >= 0.6 is 0 Å². The van der Waals surface area contributed by atoms with Crippen molar-refractivity contribution in [3.05, 3.63) is 42.2 Å². The zero-order valence-corrected chi connectivity index (χ0v) is 14.9. The van der Waals surface area contributed by atoms with Crippen LogP contribution < -0.4 is 5.32 Å². The normalized spacial score (nSPS) is 22.1. The van der Waals surface area contributed by atoms with Gasteiger partial charge in [-0.15, -0.1) is 0 Å². The van der Waals surface area contributed by atoms with Gasteiger partial charge in [-0.25, -0.2) is 4.98 Å². The molecule has 3 N–H and O–H groups in total. The average Bonchev–Trinajstić information content (AvgIpc) is 3.43. The smallest absolute Gasteiger partial charge is 0.273 e. The summed E-state index contributed by atoms with van der Waals surface area (Å²) in [6.07, 6.45) is 3.83. The first-order valence-corrected chi connectivity index (χ1v) is 9.27. The first-order valence-electron chi connectivity index (χ1n) is 9.27. The lowest BCUT2D eigenvalue weighted by Crippen LogP contribution is -2.33. The maximum Gasteiger partial charge on any atom is 0.273 e. The van der Waals surface area contributed by atoms with E-state index in [4.69, 9.17) is 0 Å². The number of likely N-dealkylation sites (tertiary alicyclic amines) is 1. The molecule has 0 radical (unpaired) electrons. The van der Waals surface area contributed by atoms with Gasteiger partial charge in [0.1, 0.15) is 11.4 Å². The highest BCUT2D eigenvalue weighted by atomic mass is 16.3. The molecule has 7 heteroatoms. The molecule has 5 rings (SSSR count). The van der Waals surface area contributed by atoms with Gasteiger partial charge >= 0.3 is 0 Å². The Labute approximate surface area is 156 Å². The van der Waals surface area contributed by atoms with Gasteiger partial charge in [-0.05, 0) is 49.7 Å². The predicted molar refractivity (Wildman–Crippen MR) is 101 cm³/mol. The van der Waals surface area contributed by atoms with Crippen LogP contribution in [0.4, 0.5) is 0 Å². The number of rotatable bonds is 2. The number of hydrogen-bond donors (Lipinski definition) is 3. The molecule has 1 atom stereocenters. The van der Waals surface area contributed by atoms with Crippen LogP contribution in [0.15, 0.2) is 36.5 Å². The lowest BCUT2D eigenvalue weighted by atomic mass is 9.86. The van der Waals surface area contributed by atoms with E-state index in [0.717, 1.165) is 55.5 Å². The number of hydrogen-bond acceptors (Lipinski definition) is 5. The number of nitrogens with one attached hydrogen (secondary N) is 2. The Morgan fingerprint density at radius 1 is 1.22 bits per heavy atom. The van der Waals surface area contributed by atoms with Gasteiger partial charge in [-0.2, -0.15) is 5.10 Å². The molecule has 2 fully saturated rings. The van der Waals surface area contributed by atoms with Gasteiger partial charge in [0.05, 0.1) is 22.8 Å². The number of fused-ring (bicyclic) bond motifs is 1. The lowest BCUT2D eigenvalue weighted by Gasteiger charge is -2.22. The second-order valence-electron chi connectivity index (χ2n) is 7.64. The number of carbonyl (C=O) groups excluding carboxylic acids is 1. The second kappa shape index (κ2) is 6.06. The van der Waals surface area contributed by atoms with Gasteiger partial charge in [0.15, 0.2) is 0 Å². The van der Waals surface area contributed by atoms with Crippen LogP contribution in [0, 0.1) is 5.41 Å². The van der Waals surface area contributed by atoms with Crippen molar-refractivity contribution in [2.45, 2.75) is 12.8 Å². The van der Waals surface area contributed by atoms with Crippen molar-refractivity contribution < 1.29 is 9.90 Å². The monoisotopic (exact) mass is 363 g/mol. The topological polar surface area (TPSA) is 94.1 Å². The summed E-state index contributed by atoms with van der Waals surface area (Å²) < 4.78 is 0. The summed E-state index contributed by atoms with van der Waals surface area (Å²) in [5.41, 5.74) is 2.97. The number of amides is 1. The van der Waals surface area contributed by atoms with Crippen molar-refractivity contribution in [2.24, 2.45) is 5.41 Å². The maximum atomic E-state index is 13.3. The van der Waals surface area contributed by atoms with Crippen LogP contribution in [0.5, 0.6) is 5.75 Å². The second-order valence-corrected chi connectivity index (χ2v) is 7.64. The number of phenolic OH excluding ortho intramolecular Hbond substituents is 1. The van der Waals surface area contributed by atoms with Gasteiger partial charge in [-0.3, -0.25) is 9.89 Å². The molecule has 2 saturated heterocycles. The molecule has 7 nitrogen and oxygen atoms in total. The van der Waals surface area contributed by atoms with Crippen LogP contribution in [0.2, 0.25) is 0 Å². The highest BCUT2D eigenvalue weighted by Gasteiger charge is 2.42. The molecule has 2 aliphatic rings. The fraction of sp³-hybridized carbons (Fsp3) is 0.350. The molecule has 1 unspecified atom stereocenters. The van der Waals surface area contributed by atoms with Crippen molar-refractivity contribution in [1.29, 1.82) is 0 Å². The third-order valence-electron chi connectivity index (χ3n) is 5.86. The molecular formula is C20H21N5O2. The quantitative estimate of drug-likeness (QED) is 0.649. The molecule has 0 bridgehead atoms. The van der Waals surface area contributed by atoms with Crippen LogP contribution in [-0.2, 0) is 0 Å². The number of benzene rings is 1. The predicted octanol–water partition coefficient (Wildman–Crippen LogP) is 2.16. The summed E-state index contributed by atoms with van der Waals surface area (Å²) in [6.45, 7) is 3.57. The SMILES string of the molecule is O=C(c1nc(-c2ccc(O)cc2)cc2[nH]ncc12)N1CCC2(CCNC2)C1. The molecule has 2 aliphatic heterocycles. The van der Waals surface area contributed by atoms with Crippen LogP contribution in [0.25, 0.3) is 22.2 Å². The molecule has 4 heterocycles. The first-order chi connectivity index (χ1) is 13.1. The number of nitrogens with zero attached hydrogens (tertiary/aromatic N) is 3. The van der Waals surface area contributed by atoms with E-state index >= 15 is 0 Å². The minimum atomic E-state index is -0.0363. The Hall–Kier alpha value is -2.93. The number of aromatic nitrogens is 3. The van der Waals surface area contributed by atoms with Gasteiger partial charge in [0, 0.05) is 30.6 Å². The summed E-state index contributed by atoms with van der Waals surface area (Å²) >= 11 is 0. The maximum absolute atomic E-state index is 13.3. The molecule has 27 heavy (non-hydrogen) atoms. The summed E-state index contributed by atoms with van der Waals surface area (Å²) in [7, 11) is 0. The molecule has 1 amide bonds. The molecule has 0 saturated carbocycles. The summed E-state index contributed by atoms with van der Waals surface area (Å²) in [5.74, 6) is 0.163. The van der Waals surface area contributed by atoms with E-state index in [1.165, 1.54) is 0 Å². The van der Waals surface area contributed by atoms with Crippen molar-refractivity contribution in [3.8, 4) is 17.0 Å². The van der Waals surface area contributed by atoms with E-state index in [1.807, 2.05) is 11.0 Å². The van der Waals surface area contributed by atoms with E-state index in [-0.39, 0.29) is 17.1 Å². The molecule has 3 aromatic rings. The number of aromatic amines is 1. The van der Waals surface area contributed by atoms with Crippen molar-refractivity contribution in [2.75, 3.05) is 26.2 Å². The molecular weight excluding hydrogens is 342 g/mol. The van der Waals surface area contributed by atoms with E-state index in [9.17, 15) is 9.90 Å². The molecule has 138 valence electrons.